The molecule has 2 heteroatoms. The van der Waals surface area contributed by atoms with E-state index in [1.54, 1.807) is 28.3 Å². The van der Waals surface area contributed by atoms with E-state index in [2.05, 4.69) is 143 Å². The standard InChI is InChI=1S/2C16H13.C5H8.C2H8Si.Zr/c2*1-12-10-14-8-5-9-15(16(14)11-12)13-6-3-2-4-7-13;1-3-5-4-2;1-3-2;/h2*2-11H,1H3;3-5H,1H2,2H3;3H2,1-2H3;. The number of fused-ring (bicyclic) bond motifs is 2. The molecule has 0 amide bonds. The van der Waals surface area contributed by atoms with E-state index in [1.807, 2.05) is 19.1 Å². The maximum absolute atomic E-state index is 3.46. The summed E-state index contributed by atoms with van der Waals surface area (Å²) in [5, 5.41) is 0. The van der Waals surface area contributed by atoms with Crippen molar-refractivity contribution in [3.05, 3.63) is 155 Å². The third-order valence-electron chi connectivity index (χ3n) is 7.39. The molecule has 0 spiro atoms. The summed E-state index contributed by atoms with van der Waals surface area (Å²) < 4.78 is 1.26. The van der Waals surface area contributed by atoms with Gasteiger partial charge in [-0.3, -0.25) is 0 Å². The Morgan fingerprint density at radius 2 is 1.05 bits per heavy atom. The van der Waals surface area contributed by atoms with E-state index in [9.17, 15) is 0 Å². The molecule has 2 aliphatic carbocycles. The van der Waals surface area contributed by atoms with Gasteiger partial charge in [-0.05, 0) is 6.92 Å². The number of hydrogen-bond donors (Lipinski definition) is 0. The smallest absolute Gasteiger partial charge is 0.0135 e. The first kappa shape index (κ1) is 30.9. The van der Waals surface area contributed by atoms with Crippen LogP contribution in [0.2, 0.25) is 13.1 Å². The molecule has 0 aliphatic heterocycles. The van der Waals surface area contributed by atoms with E-state index in [1.165, 1.54) is 33.4 Å². The molecule has 2 unspecified atom stereocenters. The van der Waals surface area contributed by atoms with Crippen molar-refractivity contribution < 1.29 is 23.2 Å². The molecule has 41 heavy (non-hydrogen) atoms. The van der Waals surface area contributed by atoms with Crippen molar-refractivity contribution in [1.82, 2.24) is 0 Å². The minimum Gasteiger partial charge on any atom is -0.0750 e. The van der Waals surface area contributed by atoms with Crippen molar-refractivity contribution in [1.29, 1.82) is 0 Å². The monoisotopic (exact) mass is 628 g/mol. The Kier molecular flexibility index (Phi) is 11.5. The number of allylic oxidation sites excluding steroid dienone is 5. The zero-order valence-electron chi connectivity index (χ0n) is 25.2. The SMILES string of the molecule is C=CC=CC.CC1=Cc2c(-c3ccccc3)cccc2[CH]1[Zr][CH]1C(C)=Cc2c(-c3ccccc3)cccc21.C[SiH2]C. The van der Waals surface area contributed by atoms with Crippen molar-refractivity contribution in [2.45, 2.75) is 41.1 Å². The molecule has 0 heterocycles. The predicted molar refractivity (Wildman–Crippen MR) is 182 cm³/mol. The van der Waals surface area contributed by atoms with Crippen molar-refractivity contribution in [3.63, 3.8) is 0 Å². The van der Waals surface area contributed by atoms with E-state index in [0.717, 1.165) is 0 Å². The van der Waals surface area contributed by atoms with Crippen molar-refractivity contribution in [2.24, 2.45) is 0 Å². The quantitative estimate of drug-likeness (QED) is 0.152. The summed E-state index contributed by atoms with van der Waals surface area (Å²) in [6, 6.07) is 35.6. The fraction of sp³-hybridized carbons (Fsp3) is 0.179. The Hall–Kier alpha value is -3.06. The average molecular weight is 630 g/mol. The van der Waals surface area contributed by atoms with E-state index in [-0.39, 0.29) is 0 Å². The van der Waals surface area contributed by atoms with Gasteiger partial charge in [0.1, 0.15) is 0 Å². The summed E-state index contributed by atoms with van der Waals surface area (Å²) in [5.41, 5.74) is 14.5. The van der Waals surface area contributed by atoms with Gasteiger partial charge in [-0.15, -0.1) is 0 Å². The van der Waals surface area contributed by atoms with Gasteiger partial charge in [-0.25, -0.2) is 0 Å². The molecule has 0 radical (unpaired) electrons. The molecule has 0 fully saturated rings. The Bertz CT molecular complexity index is 1430. The molecular weight excluding hydrogens is 588 g/mol. The molecule has 2 aliphatic rings. The largest absolute Gasteiger partial charge is 0.0750 e. The topological polar surface area (TPSA) is 0 Å². The van der Waals surface area contributed by atoms with E-state index >= 15 is 0 Å². The molecule has 4 aromatic rings. The fourth-order valence-electron chi connectivity index (χ4n) is 5.59. The van der Waals surface area contributed by atoms with Crippen LogP contribution in [0.4, 0.5) is 0 Å². The average Bonchev–Trinajstić information content (AvgIpc) is 3.50. The van der Waals surface area contributed by atoms with Gasteiger partial charge in [0.25, 0.3) is 0 Å². The number of hydrogen-bond acceptors (Lipinski definition) is 0. The fourth-order valence-corrected chi connectivity index (χ4v) is 10.2. The van der Waals surface area contributed by atoms with Crippen LogP contribution in [0, 0.1) is 0 Å². The van der Waals surface area contributed by atoms with Crippen LogP contribution in [-0.4, -0.2) is 9.52 Å². The Morgan fingerprint density at radius 3 is 1.39 bits per heavy atom. The molecule has 0 aromatic heterocycles. The second kappa shape index (κ2) is 15.2. The van der Waals surface area contributed by atoms with Gasteiger partial charge >= 0.3 is 209 Å². The predicted octanol–water partition coefficient (Wildman–Crippen LogP) is 10.7. The summed E-state index contributed by atoms with van der Waals surface area (Å²) in [5.74, 6) is 0. The van der Waals surface area contributed by atoms with Crippen LogP contribution < -0.4 is 0 Å². The molecular formula is C39H42SiZr. The first-order valence-corrected chi connectivity index (χ1v) is 20.4. The third kappa shape index (κ3) is 7.24. The Morgan fingerprint density at radius 1 is 0.634 bits per heavy atom. The van der Waals surface area contributed by atoms with Crippen molar-refractivity contribution in [3.8, 4) is 22.3 Å². The zero-order chi connectivity index (χ0) is 29.2. The normalized spacial score (nSPS) is 16.3. The van der Waals surface area contributed by atoms with Gasteiger partial charge < -0.3 is 0 Å². The number of benzene rings is 4. The molecule has 206 valence electrons. The van der Waals surface area contributed by atoms with Crippen LogP contribution in [0.1, 0.15) is 50.3 Å². The van der Waals surface area contributed by atoms with Crippen LogP contribution >= 0.6 is 0 Å². The Labute approximate surface area is 262 Å². The van der Waals surface area contributed by atoms with Gasteiger partial charge in [0.2, 0.25) is 0 Å². The van der Waals surface area contributed by atoms with E-state index in [4.69, 9.17) is 0 Å². The second-order valence-corrected chi connectivity index (χ2v) is 15.7. The van der Waals surface area contributed by atoms with E-state index < -0.39 is 23.2 Å². The van der Waals surface area contributed by atoms with Crippen LogP contribution in [0.5, 0.6) is 0 Å². The molecule has 0 bridgehead atoms. The van der Waals surface area contributed by atoms with Crippen LogP contribution in [0.25, 0.3) is 34.4 Å². The van der Waals surface area contributed by atoms with Crippen LogP contribution in [0.3, 0.4) is 0 Å². The molecule has 0 saturated heterocycles. The molecule has 0 N–H and O–H groups in total. The molecule has 2 atom stereocenters. The minimum atomic E-state index is -0.835. The molecule has 0 nitrogen and oxygen atoms in total. The maximum atomic E-state index is 3.46. The van der Waals surface area contributed by atoms with Crippen molar-refractivity contribution >= 4 is 21.7 Å². The van der Waals surface area contributed by atoms with Gasteiger partial charge in [-0.2, -0.15) is 0 Å². The van der Waals surface area contributed by atoms with E-state index in [0.29, 0.717) is 16.8 Å². The summed E-state index contributed by atoms with van der Waals surface area (Å²) in [6.07, 6.45) is 10.5. The van der Waals surface area contributed by atoms with Crippen molar-refractivity contribution in [2.75, 3.05) is 0 Å². The van der Waals surface area contributed by atoms with Crippen LogP contribution in [-0.2, 0) is 23.2 Å². The third-order valence-corrected chi connectivity index (χ3v) is 12.8. The minimum absolute atomic E-state index is 0.417. The van der Waals surface area contributed by atoms with Crippen LogP contribution in [0.15, 0.2) is 133 Å². The summed E-state index contributed by atoms with van der Waals surface area (Å²) in [4.78, 5) is 0. The van der Waals surface area contributed by atoms with Gasteiger partial charge in [0.05, 0.1) is 0 Å². The van der Waals surface area contributed by atoms with Gasteiger partial charge in [0, 0.05) is 9.52 Å². The summed E-state index contributed by atoms with van der Waals surface area (Å²) in [6.45, 7) is 14.7. The summed E-state index contributed by atoms with van der Waals surface area (Å²) in [7, 11) is 0.417. The van der Waals surface area contributed by atoms with Gasteiger partial charge in [-0.1, -0.05) is 37.9 Å². The molecule has 6 rings (SSSR count). The second-order valence-electron chi connectivity index (χ2n) is 10.6. The summed E-state index contributed by atoms with van der Waals surface area (Å²) >= 11 is -0.835. The zero-order valence-corrected chi connectivity index (χ0v) is 29.1. The molecule has 0 saturated carbocycles. The first-order valence-electron chi connectivity index (χ1n) is 14.8. The first-order chi connectivity index (χ1) is 20.0. The number of rotatable bonds is 5. The molecule has 4 aromatic carbocycles. The van der Waals surface area contributed by atoms with Gasteiger partial charge in [0.15, 0.2) is 0 Å². The Balaban J connectivity index is 0.000000432. The maximum Gasteiger partial charge on any atom is 0.0135 e.